The Labute approximate surface area is 136 Å². The monoisotopic (exact) mass is 333 g/mol. The lowest BCUT2D eigenvalue weighted by Crippen LogP contribution is -2.16. The van der Waals surface area contributed by atoms with E-state index in [0.717, 1.165) is 14.2 Å². The molecule has 126 valence electrons. The lowest BCUT2D eigenvalue weighted by molar-refractivity contribution is 0.0503. The molecule has 0 aliphatic heterocycles. The number of fused-ring (bicyclic) bond motifs is 1. The molecule has 0 fully saturated rings. The number of hydrogen-bond donors (Lipinski definition) is 0. The van der Waals surface area contributed by atoms with Crippen LogP contribution in [-0.4, -0.2) is 49.4 Å². The summed E-state index contributed by atoms with van der Waals surface area (Å²) in [5, 5.41) is 0. The quantitative estimate of drug-likeness (QED) is 0.464. The van der Waals surface area contributed by atoms with Crippen LogP contribution in [-0.2, 0) is 14.2 Å². The normalized spacial score (nSPS) is 10.3. The van der Waals surface area contributed by atoms with Crippen molar-refractivity contribution in [2.24, 2.45) is 0 Å². The van der Waals surface area contributed by atoms with Gasteiger partial charge in [-0.1, -0.05) is 0 Å². The number of esters is 3. The smallest absolute Gasteiger partial charge is 0.355 e. The number of methoxy groups -OCH3 is 2. The van der Waals surface area contributed by atoms with E-state index in [1.54, 1.807) is 6.92 Å². The molecule has 8 nitrogen and oxygen atoms in total. The van der Waals surface area contributed by atoms with Gasteiger partial charge in [-0.2, -0.15) is 0 Å². The molecule has 0 N–H and O–H groups in total. The minimum Gasteiger partial charge on any atom is -0.465 e. The maximum absolute atomic E-state index is 12.3. The zero-order valence-electron chi connectivity index (χ0n) is 13.3. The van der Waals surface area contributed by atoms with Crippen molar-refractivity contribution in [3.05, 3.63) is 40.7 Å². The van der Waals surface area contributed by atoms with Gasteiger partial charge < -0.3 is 18.6 Å². The number of carbonyl (C=O) groups is 4. The van der Waals surface area contributed by atoms with Crippen LogP contribution >= 0.6 is 0 Å². The van der Waals surface area contributed by atoms with Crippen LogP contribution in [0.25, 0.3) is 5.52 Å². The molecule has 0 amide bonds. The Morgan fingerprint density at radius 3 is 2.25 bits per heavy atom. The molecule has 0 aromatic carbocycles. The molecule has 0 unspecified atom stereocenters. The van der Waals surface area contributed by atoms with Gasteiger partial charge in [-0.15, -0.1) is 0 Å². The summed E-state index contributed by atoms with van der Waals surface area (Å²) in [6, 6.07) is 2.89. The molecule has 2 aromatic heterocycles. The number of carbonyl (C=O) groups excluding carboxylic acids is 4. The van der Waals surface area contributed by atoms with Crippen molar-refractivity contribution in [1.82, 2.24) is 4.40 Å². The molecule has 0 aliphatic rings. The van der Waals surface area contributed by atoms with Crippen molar-refractivity contribution < 1.29 is 33.4 Å². The Kier molecular flexibility index (Phi) is 4.98. The second-order valence-electron chi connectivity index (χ2n) is 4.64. The minimum atomic E-state index is -0.894. The third-order valence-corrected chi connectivity index (χ3v) is 3.34. The van der Waals surface area contributed by atoms with Crippen LogP contribution in [0, 0.1) is 0 Å². The van der Waals surface area contributed by atoms with E-state index >= 15 is 0 Å². The molecule has 0 bridgehead atoms. The van der Waals surface area contributed by atoms with Crippen molar-refractivity contribution in [3.8, 4) is 0 Å². The number of aromatic nitrogens is 1. The largest absolute Gasteiger partial charge is 0.465 e. The maximum atomic E-state index is 12.3. The van der Waals surface area contributed by atoms with E-state index in [0.29, 0.717) is 6.29 Å². The Hall–Kier alpha value is -3.16. The molecule has 2 heterocycles. The predicted octanol–water partition coefficient (Wildman–Crippen LogP) is 1.50. The van der Waals surface area contributed by atoms with Crippen LogP contribution in [0.5, 0.6) is 0 Å². The first-order valence-corrected chi connectivity index (χ1v) is 6.97. The molecule has 0 spiro atoms. The Bertz CT molecular complexity index is 835. The summed E-state index contributed by atoms with van der Waals surface area (Å²) in [5.74, 6) is -2.54. The first-order valence-electron chi connectivity index (χ1n) is 6.97. The minimum absolute atomic E-state index is 0.0801. The average Bonchev–Trinajstić information content (AvgIpc) is 2.94. The fraction of sp³-hybridized carbons (Fsp3) is 0.250. The third kappa shape index (κ3) is 2.73. The molecule has 0 atom stereocenters. The van der Waals surface area contributed by atoms with E-state index in [1.165, 1.54) is 22.7 Å². The molecular formula is C16H15NO7. The summed E-state index contributed by atoms with van der Waals surface area (Å²) in [5.41, 5.74) is -0.146. The first kappa shape index (κ1) is 17.2. The fourth-order valence-corrected chi connectivity index (χ4v) is 2.35. The number of aldehydes is 1. The topological polar surface area (TPSA) is 100 Å². The standard InChI is InChI=1S/C16H15NO7/c1-4-24-15(20)11-10-6-5-9(8-18)7-17(10)13(16(21)23-3)12(11)14(19)22-2/h5-8H,4H2,1-3H3. The van der Waals surface area contributed by atoms with Gasteiger partial charge in [0.2, 0.25) is 0 Å². The number of ether oxygens (including phenoxy) is 3. The van der Waals surface area contributed by atoms with Crippen molar-refractivity contribution in [3.63, 3.8) is 0 Å². The van der Waals surface area contributed by atoms with E-state index in [-0.39, 0.29) is 34.5 Å². The van der Waals surface area contributed by atoms with Crippen LogP contribution in [0.15, 0.2) is 18.3 Å². The molecular weight excluding hydrogens is 318 g/mol. The zero-order chi connectivity index (χ0) is 17.9. The summed E-state index contributed by atoms with van der Waals surface area (Å²) >= 11 is 0. The lowest BCUT2D eigenvalue weighted by Gasteiger charge is -2.04. The molecule has 0 aliphatic carbocycles. The fourth-order valence-electron chi connectivity index (χ4n) is 2.35. The molecule has 24 heavy (non-hydrogen) atoms. The summed E-state index contributed by atoms with van der Waals surface area (Å²) < 4.78 is 15.6. The second-order valence-corrected chi connectivity index (χ2v) is 4.64. The molecule has 0 saturated heterocycles. The number of pyridine rings is 1. The highest BCUT2D eigenvalue weighted by Gasteiger charge is 2.33. The first-order chi connectivity index (χ1) is 11.5. The number of hydrogen-bond acceptors (Lipinski definition) is 7. The van der Waals surface area contributed by atoms with E-state index < -0.39 is 17.9 Å². The molecule has 2 rings (SSSR count). The van der Waals surface area contributed by atoms with Crippen LogP contribution in [0.2, 0.25) is 0 Å². The van der Waals surface area contributed by atoms with Crippen LogP contribution in [0.1, 0.15) is 48.5 Å². The highest BCUT2D eigenvalue weighted by Crippen LogP contribution is 2.27. The summed E-state index contributed by atoms with van der Waals surface area (Å²) in [6.07, 6.45) is 1.89. The van der Waals surface area contributed by atoms with Gasteiger partial charge in [0, 0.05) is 11.8 Å². The van der Waals surface area contributed by atoms with Gasteiger partial charge in [0.15, 0.2) is 6.29 Å². The van der Waals surface area contributed by atoms with Gasteiger partial charge in [0.25, 0.3) is 0 Å². The van der Waals surface area contributed by atoms with Gasteiger partial charge in [-0.25, -0.2) is 14.4 Å². The SMILES string of the molecule is CCOC(=O)c1c(C(=O)OC)c(C(=O)OC)n2cc(C=O)ccc12. The van der Waals surface area contributed by atoms with Crippen molar-refractivity contribution in [2.45, 2.75) is 6.92 Å². The number of rotatable bonds is 5. The van der Waals surface area contributed by atoms with Gasteiger partial charge >= 0.3 is 17.9 Å². The summed E-state index contributed by atoms with van der Waals surface area (Å²) in [7, 11) is 2.26. The Morgan fingerprint density at radius 1 is 1.04 bits per heavy atom. The Balaban J connectivity index is 2.95. The van der Waals surface area contributed by atoms with Gasteiger partial charge in [-0.05, 0) is 19.1 Å². The van der Waals surface area contributed by atoms with Crippen molar-refractivity contribution >= 4 is 29.7 Å². The second kappa shape index (κ2) is 6.95. The van der Waals surface area contributed by atoms with Crippen molar-refractivity contribution in [2.75, 3.05) is 20.8 Å². The highest BCUT2D eigenvalue weighted by molar-refractivity contribution is 6.14. The molecule has 2 aromatic rings. The Morgan fingerprint density at radius 2 is 1.71 bits per heavy atom. The summed E-state index contributed by atoms with van der Waals surface area (Å²) in [4.78, 5) is 47.7. The van der Waals surface area contributed by atoms with Gasteiger partial charge in [-0.3, -0.25) is 4.79 Å². The van der Waals surface area contributed by atoms with E-state index in [4.69, 9.17) is 9.47 Å². The maximum Gasteiger partial charge on any atom is 0.355 e. The molecule has 0 radical (unpaired) electrons. The van der Waals surface area contributed by atoms with Crippen molar-refractivity contribution in [1.29, 1.82) is 0 Å². The third-order valence-electron chi connectivity index (χ3n) is 3.34. The highest BCUT2D eigenvalue weighted by atomic mass is 16.5. The summed E-state index contributed by atoms with van der Waals surface area (Å²) in [6.45, 7) is 1.69. The van der Waals surface area contributed by atoms with Crippen LogP contribution < -0.4 is 0 Å². The van der Waals surface area contributed by atoms with Gasteiger partial charge in [0.1, 0.15) is 16.8 Å². The lowest BCUT2D eigenvalue weighted by atomic mass is 10.1. The molecule has 8 heteroatoms. The van der Waals surface area contributed by atoms with E-state index in [2.05, 4.69) is 4.74 Å². The zero-order valence-corrected chi connectivity index (χ0v) is 13.3. The van der Waals surface area contributed by atoms with Gasteiger partial charge in [0.05, 0.1) is 26.3 Å². The average molecular weight is 333 g/mol. The molecule has 0 saturated carbocycles. The number of nitrogens with zero attached hydrogens (tertiary/aromatic N) is 1. The van der Waals surface area contributed by atoms with E-state index in [9.17, 15) is 19.2 Å². The van der Waals surface area contributed by atoms with E-state index in [1.807, 2.05) is 0 Å². The van der Waals surface area contributed by atoms with Crippen LogP contribution in [0.3, 0.4) is 0 Å². The predicted molar refractivity (Wildman–Crippen MR) is 81.4 cm³/mol. The van der Waals surface area contributed by atoms with Crippen LogP contribution in [0.4, 0.5) is 0 Å².